The monoisotopic (exact) mass is 289 g/mol. The minimum Gasteiger partial charge on any atom is -0.508 e. The lowest BCUT2D eigenvalue weighted by atomic mass is 10.1. The molecule has 0 radical (unpaired) electrons. The normalized spacial score (nSPS) is 11.8. The highest BCUT2D eigenvalue weighted by molar-refractivity contribution is 5.55. The molecule has 0 aliphatic heterocycles. The topological polar surface area (TPSA) is 71.0 Å². The Morgan fingerprint density at radius 3 is 2.14 bits per heavy atom. The van der Waals surface area contributed by atoms with Crippen LogP contribution < -0.4 is 14.8 Å². The van der Waals surface area contributed by atoms with Gasteiger partial charge in [-0.15, -0.1) is 0 Å². The van der Waals surface area contributed by atoms with Crippen LogP contribution in [-0.2, 0) is 0 Å². The molecule has 1 atom stereocenters. The molecule has 0 aliphatic rings. The van der Waals surface area contributed by atoms with E-state index < -0.39 is 0 Å². The molecule has 0 amide bonds. The highest BCUT2D eigenvalue weighted by Gasteiger charge is 2.12. The summed E-state index contributed by atoms with van der Waals surface area (Å²) in [5, 5.41) is 22.7. The third-order valence-electron chi connectivity index (χ3n) is 3.21. The highest BCUT2D eigenvalue weighted by Crippen LogP contribution is 2.32. The Labute approximate surface area is 123 Å². The maximum absolute atomic E-state index is 9.88. The second-order valence-corrected chi connectivity index (χ2v) is 4.71. The van der Waals surface area contributed by atoms with Crippen LogP contribution in [0.1, 0.15) is 18.5 Å². The number of hydrogen-bond donors (Lipinski definition) is 3. The van der Waals surface area contributed by atoms with E-state index in [1.807, 2.05) is 19.1 Å². The predicted molar refractivity (Wildman–Crippen MR) is 81.4 cm³/mol. The summed E-state index contributed by atoms with van der Waals surface area (Å²) >= 11 is 0. The van der Waals surface area contributed by atoms with Crippen molar-refractivity contribution in [3.05, 3.63) is 42.0 Å². The molecule has 2 rings (SSSR count). The number of methoxy groups -OCH3 is 2. The molecule has 2 aromatic rings. The van der Waals surface area contributed by atoms with Crippen molar-refractivity contribution in [1.29, 1.82) is 0 Å². The van der Waals surface area contributed by atoms with Gasteiger partial charge in [0.25, 0.3) is 0 Å². The quantitative estimate of drug-likeness (QED) is 0.737. The van der Waals surface area contributed by atoms with Gasteiger partial charge in [0.15, 0.2) is 0 Å². The lowest BCUT2D eigenvalue weighted by Gasteiger charge is -2.18. The maximum Gasteiger partial charge on any atom is 0.124 e. The van der Waals surface area contributed by atoms with Crippen molar-refractivity contribution in [2.75, 3.05) is 19.5 Å². The molecule has 0 saturated carbocycles. The predicted octanol–water partition coefficient (Wildman–Crippen LogP) is 3.29. The summed E-state index contributed by atoms with van der Waals surface area (Å²) in [6, 6.07) is 9.69. The fraction of sp³-hybridized carbons (Fsp3) is 0.250. The number of phenols is 2. The number of benzene rings is 2. The van der Waals surface area contributed by atoms with Gasteiger partial charge in [0.05, 0.1) is 20.3 Å². The van der Waals surface area contributed by atoms with Gasteiger partial charge >= 0.3 is 0 Å². The third-order valence-corrected chi connectivity index (χ3v) is 3.21. The second-order valence-electron chi connectivity index (χ2n) is 4.71. The average molecular weight is 289 g/mol. The van der Waals surface area contributed by atoms with Gasteiger partial charge in [0, 0.05) is 29.4 Å². The van der Waals surface area contributed by atoms with E-state index in [0.29, 0.717) is 17.1 Å². The van der Waals surface area contributed by atoms with Crippen molar-refractivity contribution in [2.24, 2.45) is 0 Å². The molecule has 0 aliphatic carbocycles. The molecule has 5 heteroatoms. The van der Waals surface area contributed by atoms with Crippen LogP contribution in [-0.4, -0.2) is 24.4 Å². The molecular weight excluding hydrogens is 270 g/mol. The van der Waals surface area contributed by atoms with E-state index >= 15 is 0 Å². The van der Waals surface area contributed by atoms with Gasteiger partial charge in [-0.25, -0.2) is 0 Å². The van der Waals surface area contributed by atoms with Crippen LogP contribution in [0.4, 0.5) is 5.69 Å². The van der Waals surface area contributed by atoms with Crippen molar-refractivity contribution in [3.63, 3.8) is 0 Å². The summed E-state index contributed by atoms with van der Waals surface area (Å²) < 4.78 is 10.4. The van der Waals surface area contributed by atoms with Crippen molar-refractivity contribution in [2.45, 2.75) is 13.0 Å². The van der Waals surface area contributed by atoms with E-state index in [4.69, 9.17) is 9.47 Å². The molecule has 0 bridgehead atoms. The largest absolute Gasteiger partial charge is 0.508 e. The summed E-state index contributed by atoms with van der Waals surface area (Å²) in [5.74, 6) is 1.58. The molecule has 2 aromatic carbocycles. The van der Waals surface area contributed by atoms with Crippen LogP contribution in [0.15, 0.2) is 36.4 Å². The lowest BCUT2D eigenvalue weighted by Crippen LogP contribution is -2.07. The van der Waals surface area contributed by atoms with Gasteiger partial charge in [-0.3, -0.25) is 0 Å². The number of anilines is 1. The molecular formula is C16H19NO4. The molecule has 0 aromatic heterocycles. The van der Waals surface area contributed by atoms with E-state index in [1.54, 1.807) is 20.3 Å². The van der Waals surface area contributed by atoms with Gasteiger partial charge < -0.3 is 25.0 Å². The summed E-state index contributed by atoms with van der Waals surface area (Å²) in [5.41, 5.74) is 1.40. The first kappa shape index (κ1) is 14.8. The molecule has 0 saturated heterocycles. The fourth-order valence-corrected chi connectivity index (χ4v) is 2.11. The summed E-state index contributed by atoms with van der Waals surface area (Å²) in [6.45, 7) is 1.89. The zero-order chi connectivity index (χ0) is 15.4. The minimum absolute atomic E-state index is 0.111. The molecule has 0 fully saturated rings. The van der Waals surface area contributed by atoms with Gasteiger partial charge in [-0.1, -0.05) is 0 Å². The van der Waals surface area contributed by atoms with E-state index in [2.05, 4.69) is 5.32 Å². The second kappa shape index (κ2) is 6.26. The van der Waals surface area contributed by atoms with Crippen LogP contribution in [0.3, 0.4) is 0 Å². The first-order valence-electron chi connectivity index (χ1n) is 6.55. The highest BCUT2D eigenvalue weighted by atomic mass is 16.5. The smallest absolute Gasteiger partial charge is 0.124 e. The molecule has 21 heavy (non-hydrogen) atoms. The Hall–Kier alpha value is -2.56. The van der Waals surface area contributed by atoms with E-state index in [1.165, 1.54) is 18.2 Å². The fourth-order valence-electron chi connectivity index (χ4n) is 2.11. The summed E-state index contributed by atoms with van der Waals surface area (Å²) in [6.07, 6.45) is 0. The number of ether oxygens (including phenoxy) is 2. The Balaban J connectivity index is 2.26. The van der Waals surface area contributed by atoms with Gasteiger partial charge in [0.1, 0.15) is 23.0 Å². The minimum atomic E-state index is -0.200. The van der Waals surface area contributed by atoms with E-state index in [9.17, 15) is 10.2 Å². The Kier molecular flexibility index (Phi) is 4.42. The van der Waals surface area contributed by atoms with Crippen molar-refractivity contribution in [3.8, 4) is 23.0 Å². The molecule has 1 unspecified atom stereocenters. The Bertz CT molecular complexity index is 605. The van der Waals surface area contributed by atoms with Crippen molar-refractivity contribution in [1.82, 2.24) is 0 Å². The van der Waals surface area contributed by atoms with Crippen LogP contribution in [0.5, 0.6) is 23.0 Å². The van der Waals surface area contributed by atoms with Crippen molar-refractivity contribution < 1.29 is 19.7 Å². The third kappa shape index (κ3) is 3.51. The van der Waals surface area contributed by atoms with Crippen molar-refractivity contribution >= 4 is 5.69 Å². The number of nitrogens with one attached hydrogen (secondary N) is 1. The van der Waals surface area contributed by atoms with E-state index in [-0.39, 0.29) is 17.5 Å². The van der Waals surface area contributed by atoms with Crippen LogP contribution in [0.25, 0.3) is 0 Å². The first-order valence-corrected chi connectivity index (χ1v) is 6.55. The molecule has 3 N–H and O–H groups in total. The van der Waals surface area contributed by atoms with Gasteiger partial charge in [-0.05, 0) is 25.1 Å². The molecule has 5 nitrogen and oxygen atoms in total. The summed E-state index contributed by atoms with van der Waals surface area (Å²) in [7, 11) is 3.17. The van der Waals surface area contributed by atoms with Gasteiger partial charge in [0.2, 0.25) is 0 Å². The van der Waals surface area contributed by atoms with E-state index in [0.717, 1.165) is 5.69 Å². The van der Waals surface area contributed by atoms with Gasteiger partial charge in [-0.2, -0.15) is 0 Å². The Morgan fingerprint density at radius 1 is 0.952 bits per heavy atom. The maximum atomic E-state index is 9.88. The zero-order valence-electron chi connectivity index (χ0n) is 12.3. The number of aromatic hydroxyl groups is 2. The molecule has 0 heterocycles. The average Bonchev–Trinajstić information content (AvgIpc) is 2.49. The molecule has 0 spiro atoms. The SMILES string of the molecule is COc1cc(NC(C)c2cc(O)ccc2O)cc(OC)c1. The summed E-state index contributed by atoms with van der Waals surface area (Å²) in [4.78, 5) is 0. The lowest BCUT2D eigenvalue weighted by molar-refractivity contribution is 0.394. The standard InChI is InChI=1S/C16H19NO4/c1-10(15-8-12(18)4-5-16(15)19)17-11-6-13(20-2)9-14(7-11)21-3/h4-10,17-19H,1-3H3. The zero-order valence-corrected chi connectivity index (χ0v) is 12.3. The first-order chi connectivity index (χ1) is 10.0. The molecule has 112 valence electrons. The number of hydrogen-bond acceptors (Lipinski definition) is 5. The number of rotatable bonds is 5. The van der Waals surface area contributed by atoms with Crippen LogP contribution in [0.2, 0.25) is 0 Å². The Morgan fingerprint density at radius 2 is 1.57 bits per heavy atom. The number of phenolic OH excluding ortho intramolecular Hbond substituents is 2. The van der Waals surface area contributed by atoms with Crippen LogP contribution >= 0.6 is 0 Å². The van der Waals surface area contributed by atoms with Crippen LogP contribution in [0, 0.1) is 0 Å².